The van der Waals surface area contributed by atoms with E-state index in [1.165, 1.54) is 11.1 Å². The molecule has 15 heterocycles. The number of aryl methyl sites for hydroxylation is 6. The second-order valence-electron chi connectivity index (χ2n) is 20.4. The van der Waals surface area contributed by atoms with Gasteiger partial charge in [0.15, 0.2) is 0 Å². The van der Waals surface area contributed by atoms with Crippen LogP contribution in [-0.2, 0) is 6.54 Å². The molecule has 94 heavy (non-hydrogen) atoms. The maximum atomic E-state index is 5.60. The Kier molecular flexibility index (Phi) is 20.1. The number of hydrogen-bond acceptors (Lipinski definition) is 26. The van der Waals surface area contributed by atoms with Gasteiger partial charge in [0.1, 0.15) is 34.9 Å². The van der Waals surface area contributed by atoms with Crippen molar-refractivity contribution in [1.82, 2.24) is 79.7 Å². The molecule has 0 radical (unpaired) electrons. The maximum Gasteiger partial charge on any atom is 0.220 e. The van der Waals surface area contributed by atoms with Crippen molar-refractivity contribution in [3.05, 3.63) is 169 Å². The number of methoxy groups -OCH3 is 1. The molecule has 0 unspecified atom stereocenters. The van der Waals surface area contributed by atoms with Gasteiger partial charge < -0.3 is 21.9 Å². The molecule has 6 N–H and O–H groups in total. The van der Waals surface area contributed by atoms with Crippen molar-refractivity contribution < 1.29 is 4.74 Å². The number of halogens is 5. The van der Waals surface area contributed by atoms with Gasteiger partial charge in [-0.2, -0.15) is 0 Å². The Balaban J connectivity index is 0.000000113. The summed E-state index contributed by atoms with van der Waals surface area (Å²) < 4.78 is 15.3. The third-order valence-electron chi connectivity index (χ3n) is 13.8. The maximum absolute atomic E-state index is 5.60. The van der Waals surface area contributed by atoms with Crippen LogP contribution in [0.2, 0.25) is 0 Å². The first-order chi connectivity index (χ1) is 45.3. The van der Waals surface area contributed by atoms with Crippen molar-refractivity contribution in [2.75, 3.05) is 24.3 Å². The van der Waals surface area contributed by atoms with E-state index >= 15 is 0 Å². The summed E-state index contributed by atoms with van der Waals surface area (Å²) >= 11 is 25.7. The van der Waals surface area contributed by atoms with Crippen molar-refractivity contribution in [2.45, 2.75) is 48.1 Å². The van der Waals surface area contributed by atoms with Crippen LogP contribution in [0.5, 0.6) is 5.88 Å². The van der Waals surface area contributed by atoms with Crippen LogP contribution in [0.3, 0.4) is 0 Å². The van der Waals surface area contributed by atoms with Crippen molar-refractivity contribution in [3.63, 3.8) is 0 Å². The number of pyridine rings is 2. The molecule has 0 saturated heterocycles. The molecule has 14 aromatic heterocycles. The summed E-state index contributed by atoms with van der Waals surface area (Å²) in [6.07, 6.45) is 10.5. The molecule has 21 nitrogen and oxygen atoms in total. The number of hydrogen-bond donors (Lipinski definition) is 3. The number of anilines is 3. The second kappa shape index (κ2) is 28.6. The summed E-state index contributed by atoms with van der Waals surface area (Å²) in [7, 11) is 1.60. The van der Waals surface area contributed by atoms with Gasteiger partial charge in [0.25, 0.3) is 0 Å². The molecular weight excluding hydrogens is 1610 g/mol. The molecule has 1 aliphatic rings. The quantitative estimate of drug-likeness (QED) is 0.139. The number of nitrogens with two attached hydrogens (primary N) is 3. The molecule has 0 spiro atoms. The number of ether oxygens (including phenoxy) is 1. The second-order valence-corrected chi connectivity index (χ2v) is 29.0. The standard InChI is InChI=1S/C15H10BrN3S.C13H10BrN3OS.C12H10BrN5S.C12H9BrN4S.C11H8BrN5S/c1-8-18-13(15-14(19-8)12(16)7-20-15)10-4-2-3-9-5-17-6-11(9)10;1-7-16-11(8-3-4-10(18-2)15-5-8)13-12(17-7)9(14)6-19-13;1-5-7(3-15-12(14)16-5)9-11-10(8(13)4-19-11)18-6(2)17-9;1-6-16-10(7-2-3-9(14)15-4-7)12-11(17-6)8(13)5-18-12;1-5-16-8(6-2-14-11(13)15-3-6)10-9(17-5)7(12)4-18-10/h2-4,6-7H,5H2,1H3;3-6H,1-2H3;3-4H,1-2H3,(H2,14,15,16);2-5H,1H3,(H2,14,15);2-4H,1H3,(H2,13,14,15). The number of aliphatic imine (C=N–C) groups is 1. The van der Waals surface area contributed by atoms with E-state index in [2.05, 4.69) is 188 Å². The minimum atomic E-state index is 0.258. The Hall–Kier alpha value is -7.85. The van der Waals surface area contributed by atoms with Gasteiger partial charge in [-0.3, -0.25) is 4.99 Å². The first kappa shape index (κ1) is 66.2. The zero-order valence-corrected chi connectivity index (χ0v) is 62.3. The number of nitrogen functional groups attached to an aromatic ring is 3. The van der Waals surface area contributed by atoms with Crippen LogP contribution < -0.4 is 21.9 Å². The average Bonchev–Trinajstić information content (AvgIpc) is 1.59. The normalized spacial score (nSPS) is 11.4. The topological polar surface area (TPSA) is 306 Å². The van der Waals surface area contributed by atoms with E-state index in [1.54, 1.807) is 101 Å². The van der Waals surface area contributed by atoms with Crippen molar-refractivity contribution >= 4 is 211 Å². The molecule has 31 heteroatoms. The van der Waals surface area contributed by atoms with Crippen LogP contribution in [0.15, 0.2) is 128 Å². The lowest BCUT2D eigenvalue weighted by atomic mass is 10.0. The van der Waals surface area contributed by atoms with E-state index in [9.17, 15) is 0 Å². The third-order valence-corrected chi connectivity index (χ3v) is 23.2. The fraction of sp³-hybridized carbons (Fsp3) is 0.127. The Bertz CT molecular complexity index is 5250. The Morgan fingerprint density at radius 2 is 0.787 bits per heavy atom. The highest BCUT2D eigenvalue weighted by atomic mass is 79.9. The van der Waals surface area contributed by atoms with Gasteiger partial charge in [-0.25, -0.2) is 79.7 Å². The van der Waals surface area contributed by atoms with Crippen LogP contribution in [-0.4, -0.2) is 93.1 Å². The van der Waals surface area contributed by atoms with Crippen LogP contribution in [0.1, 0.15) is 45.9 Å². The number of rotatable bonds is 6. The summed E-state index contributed by atoms with van der Waals surface area (Å²) in [6.45, 7) is 12.1. The smallest absolute Gasteiger partial charge is 0.220 e. The van der Waals surface area contributed by atoms with E-state index in [1.807, 2.05) is 87.5 Å². The van der Waals surface area contributed by atoms with Crippen LogP contribution in [0.25, 0.3) is 107 Å². The molecular formula is C63H47Br5N20OS5. The average molecular weight is 1660 g/mol. The van der Waals surface area contributed by atoms with Crippen molar-refractivity contribution in [2.24, 2.45) is 4.99 Å². The van der Waals surface area contributed by atoms with E-state index in [0.717, 1.165) is 165 Å². The molecule has 1 aromatic carbocycles. The van der Waals surface area contributed by atoms with Crippen LogP contribution in [0.4, 0.5) is 17.7 Å². The number of aromatic nitrogens is 16. The van der Waals surface area contributed by atoms with Crippen molar-refractivity contribution in [1.29, 1.82) is 0 Å². The monoisotopic (exact) mass is 1650 g/mol. The predicted molar refractivity (Wildman–Crippen MR) is 399 cm³/mol. The lowest BCUT2D eigenvalue weighted by Gasteiger charge is -2.08. The van der Waals surface area contributed by atoms with Gasteiger partial charge in [-0.05, 0) is 145 Å². The first-order valence-electron chi connectivity index (χ1n) is 27.9. The first-order valence-corrected chi connectivity index (χ1v) is 36.2. The molecule has 0 atom stereocenters. The van der Waals surface area contributed by atoms with Gasteiger partial charge in [0.2, 0.25) is 17.8 Å². The lowest BCUT2D eigenvalue weighted by Crippen LogP contribution is -2.00. The lowest BCUT2D eigenvalue weighted by molar-refractivity contribution is 0.398. The highest BCUT2D eigenvalue weighted by molar-refractivity contribution is 9.11. The number of thiophene rings is 5. The summed E-state index contributed by atoms with van der Waals surface area (Å²) in [5, 5.41) is 10.1. The molecule has 0 amide bonds. The zero-order valence-electron chi connectivity index (χ0n) is 50.3. The zero-order chi connectivity index (χ0) is 66.1. The Labute approximate surface area is 598 Å². The summed E-state index contributed by atoms with van der Waals surface area (Å²) in [6, 6.07) is 13.8. The van der Waals surface area contributed by atoms with E-state index < -0.39 is 0 Å². The molecule has 0 fully saturated rings. The minimum absolute atomic E-state index is 0.258. The van der Waals surface area contributed by atoms with Gasteiger partial charge in [0, 0.05) is 104 Å². The molecule has 470 valence electrons. The summed E-state index contributed by atoms with van der Waals surface area (Å²) in [5.41, 5.74) is 34.0. The van der Waals surface area contributed by atoms with Crippen molar-refractivity contribution in [3.8, 4) is 62.2 Å². The minimum Gasteiger partial charge on any atom is -0.481 e. The largest absolute Gasteiger partial charge is 0.481 e. The highest BCUT2D eigenvalue weighted by Gasteiger charge is 2.21. The molecule has 15 aromatic rings. The fourth-order valence-electron chi connectivity index (χ4n) is 9.67. The number of nitrogens with zero attached hydrogens (tertiary/aromatic N) is 17. The predicted octanol–water partition coefficient (Wildman–Crippen LogP) is 17.5. The number of benzene rings is 1. The SMILES string of the molecule is COc1ccc(-c2nc(C)nc3c(Br)csc23)cn1.Cc1nc(-c2ccc(N)nc2)c2scc(Br)c2n1.Cc1nc(-c2cccc3c2C=NC3)c2scc(Br)c2n1.Cc1nc(-c2cnc(N)nc2)c2scc(Br)c2n1.Cc1nc(-c2cnc(N)nc2C)c2scc(Br)c2n1. The third kappa shape index (κ3) is 14.2. The molecule has 16 rings (SSSR count). The van der Waals surface area contributed by atoms with Gasteiger partial charge in [-0.15, -0.1) is 56.7 Å². The highest BCUT2D eigenvalue weighted by Crippen LogP contribution is 2.41. The molecule has 1 aliphatic heterocycles. The summed E-state index contributed by atoms with van der Waals surface area (Å²) in [4.78, 5) is 74.0. The molecule has 0 aliphatic carbocycles. The Morgan fingerprint density at radius 3 is 1.20 bits per heavy atom. The fourth-order valence-corrected chi connectivity index (χ4v) is 17.5. The van der Waals surface area contributed by atoms with Gasteiger partial charge in [0.05, 0.1) is 121 Å². The van der Waals surface area contributed by atoms with E-state index in [0.29, 0.717) is 17.5 Å². The van der Waals surface area contributed by atoms with E-state index in [4.69, 9.17) is 21.9 Å². The van der Waals surface area contributed by atoms with E-state index in [-0.39, 0.29) is 11.9 Å². The van der Waals surface area contributed by atoms with Crippen LogP contribution >= 0.6 is 136 Å². The Morgan fingerprint density at radius 1 is 0.394 bits per heavy atom. The number of fused-ring (bicyclic) bond motifs is 6. The van der Waals surface area contributed by atoms with Crippen LogP contribution in [0, 0.1) is 41.5 Å². The molecule has 0 bridgehead atoms. The summed E-state index contributed by atoms with van der Waals surface area (Å²) in [5.74, 6) is 5.35. The molecule has 0 saturated carbocycles. The van der Waals surface area contributed by atoms with Gasteiger partial charge in [-0.1, -0.05) is 18.2 Å². The van der Waals surface area contributed by atoms with Gasteiger partial charge >= 0.3 is 0 Å².